The average Bonchev–Trinajstić information content (AvgIpc) is 2.61. The standard InChI is InChI=1S/C17H34N4O2/c1-3-18-16(19-9-12-21-10-5-4-6-11-21)20-15-17(22-2)7-13-23-14-8-17/h3-15H2,1-2H3,(H2,18,19,20). The van der Waals surface area contributed by atoms with Crippen LogP contribution in [0.2, 0.25) is 0 Å². The molecule has 2 aliphatic heterocycles. The predicted molar refractivity (Wildman–Crippen MR) is 94.1 cm³/mol. The maximum absolute atomic E-state index is 5.76. The molecule has 0 amide bonds. The third-order valence-corrected chi connectivity index (χ3v) is 4.88. The van der Waals surface area contributed by atoms with Gasteiger partial charge in [-0.15, -0.1) is 0 Å². The lowest BCUT2D eigenvalue weighted by molar-refractivity contribution is -0.0828. The van der Waals surface area contributed by atoms with E-state index in [1.807, 2.05) is 0 Å². The van der Waals surface area contributed by atoms with E-state index in [1.54, 1.807) is 7.11 Å². The van der Waals surface area contributed by atoms with Crippen molar-refractivity contribution in [3.05, 3.63) is 0 Å². The van der Waals surface area contributed by atoms with Crippen molar-refractivity contribution in [3.63, 3.8) is 0 Å². The number of hydrogen-bond donors (Lipinski definition) is 2. The minimum atomic E-state index is -0.159. The third-order valence-electron chi connectivity index (χ3n) is 4.88. The van der Waals surface area contributed by atoms with Gasteiger partial charge in [-0.2, -0.15) is 0 Å². The number of ether oxygens (including phenoxy) is 2. The molecule has 2 aliphatic rings. The van der Waals surface area contributed by atoms with E-state index >= 15 is 0 Å². The Labute approximate surface area is 141 Å². The Morgan fingerprint density at radius 2 is 1.91 bits per heavy atom. The van der Waals surface area contributed by atoms with Crippen LogP contribution in [0.25, 0.3) is 0 Å². The number of likely N-dealkylation sites (tertiary alicyclic amines) is 1. The van der Waals surface area contributed by atoms with E-state index in [0.717, 1.165) is 51.6 Å². The molecule has 2 heterocycles. The predicted octanol–water partition coefficient (Wildman–Crippen LogP) is 1.22. The number of aliphatic imine (C=N–C) groups is 1. The first-order chi connectivity index (χ1) is 11.3. The maximum Gasteiger partial charge on any atom is 0.191 e. The van der Waals surface area contributed by atoms with Gasteiger partial charge in [-0.3, -0.25) is 4.99 Å². The normalized spacial score (nSPS) is 22.8. The number of piperidine rings is 1. The van der Waals surface area contributed by atoms with E-state index in [2.05, 4.69) is 22.5 Å². The molecule has 2 rings (SSSR count). The minimum Gasteiger partial charge on any atom is -0.381 e. The van der Waals surface area contributed by atoms with Crippen LogP contribution in [0.3, 0.4) is 0 Å². The van der Waals surface area contributed by atoms with Crippen molar-refractivity contribution in [2.24, 2.45) is 4.99 Å². The molecule has 0 radical (unpaired) electrons. The lowest BCUT2D eigenvalue weighted by atomic mass is 9.94. The molecule has 0 aromatic heterocycles. The van der Waals surface area contributed by atoms with Crippen LogP contribution in [0.15, 0.2) is 4.99 Å². The van der Waals surface area contributed by atoms with Crippen molar-refractivity contribution in [2.45, 2.75) is 44.6 Å². The highest BCUT2D eigenvalue weighted by Crippen LogP contribution is 2.24. The van der Waals surface area contributed by atoms with Crippen molar-refractivity contribution < 1.29 is 9.47 Å². The van der Waals surface area contributed by atoms with Crippen LogP contribution >= 0.6 is 0 Å². The summed E-state index contributed by atoms with van der Waals surface area (Å²) in [5.74, 6) is 0.896. The molecule has 0 aromatic rings. The summed E-state index contributed by atoms with van der Waals surface area (Å²) in [6, 6.07) is 0. The van der Waals surface area contributed by atoms with Crippen molar-refractivity contribution >= 4 is 5.96 Å². The molecule has 2 N–H and O–H groups in total. The van der Waals surface area contributed by atoms with Gasteiger partial charge >= 0.3 is 0 Å². The Morgan fingerprint density at radius 3 is 2.57 bits per heavy atom. The van der Waals surface area contributed by atoms with Gasteiger partial charge in [-0.1, -0.05) is 6.42 Å². The Kier molecular flexibility index (Phi) is 8.12. The summed E-state index contributed by atoms with van der Waals surface area (Å²) in [4.78, 5) is 7.30. The van der Waals surface area contributed by atoms with Crippen LogP contribution in [0, 0.1) is 0 Å². The summed E-state index contributed by atoms with van der Waals surface area (Å²) in [5.41, 5.74) is -0.159. The van der Waals surface area contributed by atoms with E-state index < -0.39 is 0 Å². The fourth-order valence-corrected chi connectivity index (χ4v) is 3.25. The van der Waals surface area contributed by atoms with Crippen LogP contribution in [-0.4, -0.2) is 76.1 Å². The zero-order valence-electron chi connectivity index (χ0n) is 14.9. The highest BCUT2D eigenvalue weighted by Gasteiger charge is 2.32. The summed E-state index contributed by atoms with van der Waals surface area (Å²) >= 11 is 0. The van der Waals surface area contributed by atoms with Crippen molar-refractivity contribution in [2.75, 3.05) is 59.6 Å². The zero-order chi connectivity index (χ0) is 16.4. The van der Waals surface area contributed by atoms with Gasteiger partial charge in [0, 0.05) is 52.8 Å². The highest BCUT2D eigenvalue weighted by molar-refractivity contribution is 5.79. The second kappa shape index (κ2) is 10.1. The van der Waals surface area contributed by atoms with E-state index in [0.29, 0.717) is 6.54 Å². The third kappa shape index (κ3) is 6.28. The SMILES string of the molecule is CCNC(=NCC1(OC)CCOCC1)NCCN1CCCCC1. The molecule has 6 heteroatoms. The van der Waals surface area contributed by atoms with Gasteiger partial charge in [0.25, 0.3) is 0 Å². The molecule has 2 fully saturated rings. The minimum absolute atomic E-state index is 0.159. The highest BCUT2D eigenvalue weighted by atomic mass is 16.5. The molecule has 0 bridgehead atoms. The Hall–Kier alpha value is -0.850. The molecule has 134 valence electrons. The van der Waals surface area contributed by atoms with Crippen LogP contribution in [0.5, 0.6) is 0 Å². The van der Waals surface area contributed by atoms with E-state index in [9.17, 15) is 0 Å². The monoisotopic (exact) mass is 326 g/mol. The topological polar surface area (TPSA) is 58.1 Å². The molecule has 0 aromatic carbocycles. The lowest BCUT2D eigenvalue weighted by Gasteiger charge is -2.34. The van der Waals surface area contributed by atoms with Crippen LogP contribution < -0.4 is 10.6 Å². The molecule has 0 unspecified atom stereocenters. The zero-order valence-corrected chi connectivity index (χ0v) is 14.9. The number of nitrogens with one attached hydrogen (secondary N) is 2. The Morgan fingerprint density at radius 1 is 1.17 bits per heavy atom. The van der Waals surface area contributed by atoms with Crippen LogP contribution in [0.1, 0.15) is 39.0 Å². The fraction of sp³-hybridized carbons (Fsp3) is 0.941. The summed E-state index contributed by atoms with van der Waals surface area (Å²) in [5, 5.41) is 6.79. The van der Waals surface area contributed by atoms with Gasteiger partial charge in [-0.05, 0) is 32.9 Å². The van der Waals surface area contributed by atoms with Gasteiger partial charge in [0.2, 0.25) is 0 Å². The van der Waals surface area contributed by atoms with Crippen LogP contribution in [0.4, 0.5) is 0 Å². The largest absolute Gasteiger partial charge is 0.381 e. The summed E-state index contributed by atoms with van der Waals surface area (Å²) in [6.45, 7) is 9.70. The first-order valence-corrected chi connectivity index (χ1v) is 9.15. The van der Waals surface area contributed by atoms with Gasteiger partial charge in [0.15, 0.2) is 5.96 Å². The molecule has 6 nitrogen and oxygen atoms in total. The Balaban J connectivity index is 1.78. The number of hydrogen-bond acceptors (Lipinski definition) is 4. The van der Waals surface area contributed by atoms with Crippen molar-refractivity contribution in [1.82, 2.24) is 15.5 Å². The quantitative estimate of drug-likeness (QED) is 0.544. The molecule has 23 heavy (non-hydrogen) atoms. The number of guanidine groups is 1. The van der Waals surface area contributed by atoms with Gasteiger partial charge in [-0.25, -0.2) is 0 Å². The van der Waals surface area contributed by atoms with E-state index in [-0.39, 0.29) is 5.60 Å². The molecule has 0 spiro atoms. The summed E-state index contributed by atoms with van der Waals surface area (Å²) in [7, 11) is 1.79. The fourth-order valence-electron chi connectivity index (χ4n) is 3.25. The average molecular weight is 326 g/mol. The van der Waals surface area contributed by atoms with Gasteiger partial charge in [0.05, 0.1) is 12.1 Å². The van der Waals surface area contributed by atoms with E-state index in [4.69, 9.17) is 14.5 Å². The summed E-state index contributed by atoms with van der Waals surface area (Å²) < 4.78 is 11.2. The molecule has 0 aliphatic carbocycles. The van der Waals surface area contributed by atoms with Gasteiger partial charge in [0.1, 0.15) is 0 Å². The molecular formula is C17H34N4O2. The maximum atomic E-state index is 5.76. The molecular weight excluding hydrogens is 292 g/mol. The van der Waals surface area contributed by atoms with E-state index in [1.165, 1.54) is 32.4 Å². The van der Waals surface area contributed by atoms with Crippen molar-refractivity contribution in [3.8, 4) is 0 Å². The Bertz CT molecular complexity index is 351. The number of rotatable bonds is 7. The summed E-state index contributed by atoms with van der Waals surface area (Å²) in [6.07, 6.45) is 5.90. The van der Waals surface area contributed by atoms with Crippen LogP contribution in [-0.2, 0) is 9.47 Å². The first-order valence-electron chi connectivity index (χ1n) is 9.15. The van der Waals surface area contributed by atoms with Gasteiger partial charge < -0.3 is 25.0 Å². The lowest BCUT2D eigenvalue weighted by Crippen LogP contribution is -2.45. The second-order valence-electron chi connectivity index (χ2n) is 6.52. The number of nitrogens with zero attached hydrogens (tertiary/aromatic N) is 2. The molecule has 0 atom stereocenters. The number of methoxy groups -OCH3 is 1. The smallest absolute Gasteiger partial charge is 0.191 e. The molecule has 0 saturated carbocycles. The molecule has 2 saturated heterocycles. The first kappa shape index (κ1) is 18.5. The second-order valence-corrected chi connectivity index (χ2v) is 6.52. The van der Waals surface area contributed by atoms with Crippen molar-refractivity contribution in [1.29, 1.82) is 0 Å².